The third-order valence-electron chi connectivity index (χ3n) is 5.89. The van der Waals surface area contributed by atoms with Crippen LogP contribution in [0.4, 0.5) is 0 Å². The highest BCUT2D eigenvalue weighted by atomic mass is 14.9. The monoisotopic (exact) mass is 359 g/mol. The molecular formula is C25H45N. The lowest BCUT2D eigenvalue weighted by molar-refractivity contribution is 0.314. The summed E-state index contributed by atoms with van der Waals surface area (Å²) in [6, 6.07) is 0.599. The zero-order valence-electron chi connectivity index (χ0n) is 18.2. The Balaban J connectivity index is 0.00000163. The fourth-order valence-electron chi connectivity index (χ4n) is 4.37. The first kappa shape index (κ1) is 23.2. The topological polar surface area (TPSA) is 12.0 Å². The van der Waals surface area contributed by atoms with E-state index in [2.05, 4.69) is 62.5 Å². The Bertz CT molecular complexity index is 420. The van der Waals surface area contributed by atoms with Crippen LogP contribution in [-0.4, -0.2) is 12.6 Å². The molecule has 1 N–H and O–H groups in total. The van der Waals surface area contributed by atoms with Gasteiger partial charge in [-0.1, -0.05) is 70.6 Å². The van der Waals surface area contributed by atoms with Crippen LogP contribution in [-0.2, 0) is 0 Å². The quantitative estimate of drug-likeness (QED) is 0.336. The molecule has 1 heterocycles. The highest BCUT2D eigenvalue weighted by molar-refractivity contribution is 5.03. The van der Waals surface area contributed by atoms with E-state index in [-0.39, 0.29) is 0 Å². The first-order valence-electron chi connectivity index (χ1n) is 11.4. The fourth-order valence-corrected chi connectivity index (χ4v) is 4.37. The van der Waals surface area contributed by atoms with E-state index < -0.39 is 0 Å². The van der Waals surface area contributed by atoms with Crippen LogP contribution in [0.3, 0.4) is 0 Å². The molecule has 0 saturated carbocycles. The zero-order chi connectivity index (χ0) is 19.2. The first-order valence-corrected chi connectivity index (χ1v) is 11.4. The normalized spacial score (nSPS) is 27.8. The van der Waals surface area contributed by atoms with Crippen molar-refractivity contribution in [2.45, 2.75) is 92.0 Å². The van der Waals surface area contributed by atoms with E-state index in [4.69, 9.17) is 0 Å². The lowest BCUT2D eigenvalue weighted by Gasteiger charge is -2.30. The van der Waals surface area contributed by atoms with Crippen LogP contribution in [0.2, 0.25) is 0 Å². The average Bonchev–Trinajstić information content (AvgIpc) is 2.69. The molecule has 0 amide bonds. The van der Waals surface area contributed by atoms with Crippen molar-refractivity contribution in [3.8, 4) is 0 Å². The van der Waals surface area contributed by atoms with Gasteiger partial charge in [-0.3, -0.25) is 0 Å². The van der Waals surface area contributed by atoms with Gasteiger partial charge in [-0.05, 0) is 82.1 Å². The molecule has 1 heteroatoms. The molecule has 2 aliphatic rings. The Hall–Kier alpha value is -0.820. The van der Waals surface area contributed by atoms with Gasteiger partial charge in [0.1, 0.15) is 0 Å². The van der Waals surface area contributed by atoms with E-state index in [1.807, 2.05) is 13.8 Å². The second-order valence-electron chi connectivity index (χ2n) is 8.23. The zero-order valence-corrected chi connectivity index (χ0v) is 18.2. The van der Waals surface area contributed by atoms with E-state index in [1.54, 1.807) is 0 Å². The molecular weight excluding hydrogens is 314 g/mol. The fraction of sp³-hybridized carbons (Fsp3) is 0.760. The predicted octanol–water partition coefficient (Wildman–Crippen LogP) is 7.31. The van der Waals surface area contributed by atoms with Crippen LogP contribution in [0, 0.1) is 23.7 Å². The Labute approximate surface area is 164 Å². The molecule has 0 aromatic rings. The van der Waals surface area contributed by atoms with Crippen LogP contribution in [0.25, 0.3) is 0 Å². The van der Waals surface area contributed by atoms with Gasteiger partial charge in [0, 0.05) is 6.04 Å². The maximum Gasteiger partial charge on any atom is 0.0276 e. The molecule has 5 unspecified atom stereocenters. The number of nitrogens with one attached hydrogen (secondary N) is 1. The molecule has 150 valence electrons. The van der Waals surface area contributed by atoms with Gasteiger partial charge in [0.2, 0.25) is 0 Å². The Morgan fingerprint density at radius 2 is 1.73 bits per heavy atom. The third-order valence-corrected chi connectivity index (χ3v) is 5.89. The molecule has 0 spiro atoms. The van der Waals surface area contributed by atoms with Gasteiger partial charge in [-0.2, -0.15) is 0 Å². The molecule has 1 nitrogen and oxygen atoms in total. The van der Waals surface area contributed by atoms with Crippen molar-refractivity contribution in [2.24, 2.45) is 23.7 Å². The summed E-state index contributed by atoms with van der Waals surface area (Å²) in [5, 5.41) is 3.66. The smallest absolute Gasteiger partial charge is 0.0276 e. The molecule has 2 rings (SSSR count). The number of hydrogen-bond donors (Lipinski definition) is 1. The second kappa shape index (κ2) is 14.3. The van der Waals surface area contributed by atoms with Crippen LogP contribution < -0.4 is 5.32 Å². The number of hydrogen-bond acceptors (Lipinski definition) is 1. The van der Waals surface area contributed by atoms with Gasteiger partial charge in [0.15, 0.2) is 0 Å². The van der Waals surface area contributed by atoms with Gasteiger partial charge in [-0.15, -0.1) is 0 Å². The highest BCUT2D eigenvalue weighted by Gasteiger charge is 2.22. The molecule has 0 radical (unpaired) electrons. The summed E-state index contributed by atoms with van der Waals surface area (Å²) in [6.45, 7) is 12.1. The lowest BCUT2D eigenvalue weighted by Crippen LogP contribution is -2.36. The van der Waals surface area contributed by atoms with Gasteiger partial charge < -0.3 is 5.32 Å². The minimum Gasteiger partial charge on any atom is -0.310 e. The predicted molar refractivity (Wildman–Crippen MR) is 118 cm³/mol. The van der Waals surface area contributed by atoms with Crippen molar-refractivity contribution in [3.05, 3.63) is 36.5 Å². The summed E-state index contributed by atoms with van der Waals surface area (Å²) in [7, 11) is 0. The number of allylic oxidation sites excluding steroid dienone is 4. The molecule has 0 bridgehead atoms. The summed E-state index contributed by atoms with van der Waals surface area (Å²) in [5.74, 6) is 3.26. The molecule has 0 saturated heterocycles. The van der Waals surface area contributed by atoms with Gasteiger partial charge in [0.25, 0.3) is 0 Å². The Morgan fingerprint density at radius 1 is 1.04 bits per heavy atom. The maximum absolute atomic E-state index is 3.66. The van der Waals surface area contributed by atoms with Crippen molar-refractivity contribution < 1.29 is 0 Å². The number of unbranched alkanes of at least 4 members (excludes halogenated alkanes) is 1. The standard InChI is InChI=1S/C23H39N.C2H6/c1-4-5-6-7-10-19(2)17-21-12-14-22(15-13-21)18-20(3)23-11-8-9-16-24-23;1-2/h4-5,8,11-12,14,19-24H,6-7,9-10,13,15-18H2,1-3H3;1-2H3/b5-4-;. The minimum atomic E-state index is 0.599. The molecule has 26 heavy (non-hydrogen) atoms. The summed E-state index contributed by atoms with van der Waals surface area (Å²) in [6.07, 6.45) is 25.0. The summed E-state index contributed by atoms with van der Waals surface area (Å²) < 4.78 is 0. The van der Waals surface area contributed by atoms with Crippen LogP contribution >= 0.6 is 0 Å². The highest BCUT2D eigenvalue weighted by Crippen LogP contribution is 2.32. The lowest BCUT2D eigenvalue weighted by atomic mass is 9.78. The van der Waals surface area contributed by atoms with Crippen molar-refractivity contribution in [1.29, 1.82) is 0 Å². The van der Waals surface area contributed by atoms with E-state index in [9.17, 15) is 0 Å². The molecule has 1 aliphatic heterocycles. The molecule has 0 aromatic heterocycles. The summed E-state index contributed by atoms with van der Waals surface area (Å²) >= 11 is 0. The molecule has 0 fully saturated rings. The average molecular weight is 360 g/mol. The van der Waals surface area contributed by atoms with Crippen molar-refractivity contribution >= 4 is 0 Å². The summed E-state index contributed by atoms with van der Waals surface area (Å²) in [5.41, 5.74) is 0. The van der Waals surface area contributed by atoms with Crippen molar-refractivity contribution in [1.82, 2.24) is 5.32 Å². The van der Waals surface area contributed by atoms with Crippen LogP contribution in [0.1, 0.15) is 86.0 Å². The maximum atomic E-state index is 3.66. The largest absolute Gasteiger partial charge is 0.310 e. The van der Waals surface area contributed by atoms with E-state index in [0.717, 1.165) is 30.2 Å². The van der Waals surface area contributed by atoms with Crippen molar-refractivity contribution in [2.75, 3.05) is 6.54 Å². The van der Waals surface area contributed by atoms with E-state index in [1.165, 1.54) is 51.4 Å². The molecule has 0 aromatic carbocycles. The SMILES string of the molecule is C/C=C\CCCC(C)CC1C=CC(CC(C)C2C=CCCN2)CC1.CC. The van der Waals surface area contributed by atoms with Crippen LogP contribution in [0.15, 0.2) is 36.5 Å². The van der Waals surface area contributed by atoms with Crippen LogP contribution in [0.5, 0.6) is 0 Å². The van der Waals surface area contributed by atoms with E-state index >= 15 is 0 Å². The van der Waals surface area contributed by atoms with Crippen molar-refractivity contribution in [3.63, 3.8) is 0 Å². The van der Waals surface area contributed by atoms with Gasteiger partial charge in [0.05, 0.1) is 0 Å². The van der Waals surface area contributed by atoms with E-state index in [0.29, 0.717) is 6.04 Å². The second-order valence-corrected chi connectivity index (χ2v) is 8.23. The minimum absolute atomic E-state index is 0.599. The first-order chi connectivity index (χ1) is 12.7. The Morgan fingerprint density at radius 3 is 2.31 bits per heavy atom. The Kier molecular flexibility index (Phi) is 12.7. The molecule has 1 aliphatic carbocycles. The van der Waals surface area contributed by atoms with Gasteiger partial charge in [-0.25, -0.2) is 0 Å². The third kappa shape index (κ3) is 9.21. The van der Waals surface area contributed by atoms with Gasteiger partial charge >= 0.3 is 0 Å². The number of rotatable bonds is 9. The molecule has 5 atom stereocenters. The summed E-state index contributed by atoms with van der Waals surface area (Å²) in [4.78, 5) is 0.